The number of benzene rings is 2. The van der Waals surface area contributed by atoms with E-state index in [9.17, 15) is 0 Å². The molecule has 0 radical (unpaired) electrons. The van der Waals surface area contributed by atoms with Gasteiger partial charge >= 0.3 is 0 Å². The van der Waals surface area contributed by atoms with E-state index in [0.717, 1.165) is 40.0 Å². The Kier molecular flexibility index (Phi) is 5.47. The molecule has 26 heavy (non-hydrogen) atoms. The predicted octanol–water partition coefficient (Wildman–Crippen LogP) is 4.88. The highest BCUT2D eigenvalue weighted by molar-refractivity contribution is 8.03. The van der Waals surface area contributed by atoms with Crippen LogP contribution in [0.3, 0.4) is 0 Å². The van der Waals surface area contributed by atoms with Gasteiger partial charge in [-0.25, -0.2) is 0 Å². The predicted molar refractivity (Wildman–Crippen MR) is 113 cm³/mol. The van der Waals surface area contributed by atoms with Crippen molar-refractivity contribution >= 4 is 28.8 Å². The molecule has 2 N–H and O–H groups in total. The maximum Gasteiger partial charge on any atom is 0.120 e. The van der Waals surface area contributed by atoms with Crippen LogP contribution in [0.15, 0.2) is 65.2 Å². The van der Waals surface area contributed by atoms with Gasteiger partial charge in [-0.1, -0.05) is 30.5 Å². The lowest BCUT2D eigenvalue weighted by Gasteiger charge is -2.21. The third kappa shape index (κ3) is 3.53. The minimum Gasteiger partial charge on any atom is -0.497 e. The maximum atomic E-state index is 6.37. The van der Waals surface area contributed by atoms with Crippen molar-refractivity contribution in [2.45, 2.75) is 18.7 Å². The van der Waals surface area contributed by atoms with Crippen LogP contribution in [0.1, 0.15) is 19.4 Å². The van der Waals surface area contributed by atoms with Crippen LogP contribution in [0.25, 0.3) is 5.70 Å². The molecule has 0 aromatic heterocycles. The number of anilines is 2. The lowest BCUT2D eigenvalue weighted by molar-refractivity contribution is 0.414. The second-order valence-electron chi connectivity index (χ2n) is 6.00. The van der Waals surface area contributed by atoms with Gasteiger partial charge in [-0.3, -0.25) is 0 Å². The van der Waals surface area contributed by atoms with Crippen molar-refractivity contribution < 1.29 is 4.74 Å². The van der Waals surface area contributed by atoms with Crippen LogP contribution in [0.5, 0.6) is 5.75 Å². The smallest absolute Gasteiger partial charge is 0.120 e. The number of rotatable bonds is 6. The van der Waals surface area contributed by atoms with Crippen molar-refractivity contribution in [3.63, 3.8) is 0 Å². The molecule has 2 aromatic rings. The second-order valence-corrected chi connectivity index (χ2v) is 7.12. The van der Waals surface area contributed by atoms with Gasteiger partial charge in [0.1, 0.15) is 5.75 Å². The Balaban J connectivity index is 1.85. The van der Waals surface area contributed by atoms with Crippen molar-refractivity contribution in [1.82, 2.24) is 0 Å². The lowest BCUT2D eigenvalue weighted by atomic mass is 10.1. The molecule has 0 spiro atoms. The molecule has 136 valence electrons. The molecule has 0 unspecified atom stereocenters. The Bertz CT molecular complexity index is 826. The molecule has 0 saturated carbocycles. The molecule has 3 rings (SSSR count). The molecule has 1 heterocycles. The molecule has 0 aliphatic carbocycles. The number of thioether (sulfide) groups is 1. The standard InChI is InChI=1S/C21H25N3OS/c1-5-23(6-2)17-9-7-16(8-10-17)19(22)14-24-15(3)26-21-13-18(25-4)11-12-20(21)24/h7-14H,3,5-6,22H2,1-2,4H3/b19-14-. The highest BCUT2D eigenvalue weighted by Crippen LogP contribution is 2.47. The first-order valence-corrected chi connectivity index (χ1v) is 9.55. The first kappa shape index (κ1) is 18.3. The van der Waals surface area contributed by atoms with Crippen LogP contribution in [-0.2, 0) is 0 Å². The minimum absolute atomic E-state index is 0.710. The van der Waals surface area contributed by atoms with E-state index in [0.29, 0.717) is 5.70 Å². The fourth-order valence-corrected chi connectivity index (χ4v) is 3.97. The van der Waals surface area contributed by atoms with Gasteiger partial charge in [0.15, 0.2) is 0 Å². The molecule has 1 aliphatic rings. The fraction of sp³-hybridized carbons (Fsp3) is 0.238. The molecule has 0 bridgehead atoms. The van der Waals surface area contributed by atoms with Gasteiger partial charge in [-0.15, -0.1) is 0 Å². The van der Waals surface area contributed by atoms with E-state index in [1.165, 1.54) is 5.69 Å². The van der Waals surface area contributed by atoms with E-state index >= 15 is 0 Å². The van der Waals surface area contributed by atoms with Crippen molar-refractivity contribution in [1.29, 1.82) is 0 Å². The molecular formula is C21H25N3OS. The summed E-state index contributed by atoms with van der Waals surface area (Å²) in [6.45, 7) is 10.5. The van der Waals surface area contributed by atoms with Crippen LogP contribution in [-0.4, -0.2) is 20.2 Å². The quantitative estimate of drug-likeness (QED) is 0.788. The lowest BCUT2D eigenvalue weighted by Crippen LogP contribution is -2.21. The molecular weight excluding hydrogens is 342 g/mol. The van der Waals surface area contributed by atoms with Gasteiger partial charge in [0.2, 0.25) is 0 Å². The number of hydrogen-bond donors (Lipinski definition) is 1. The van der Waals surface area contributed by atoms with Crippen LogP contribution in [0.2, 0.25) is 0 Å². The zero-order chi connectivity index (χ0) is 18.7. The first-order chi connectivity index (χ1) is 12.6. The van der Waals surface area contributed by atoms with Gasteiger partial charge in [-0.2, -0.15) is 0 Å². The third-order valence-corrected chi connectivity index (χ3v) is 5.50. The number of hydrogen-bond acceptors (Lipinski definition) is 5. The van der Waals surface area contributed by atoms with Crippen molar-refractivity contribution in [2.75, 3.05) is 30.0 Å². The largest absolute Gasteiger partial charge is 0.497 e. The van der Waals surface area contributed by atoms with Crippen LogP contribution in [0, 0.1) is 0 Å². The summed E-state index contributed by atoms with van der Waals surface area (Å²) in [6, 6.07) is 14.4. The van der Waals surface area contributed by atoms with Crippen molar-refractivity contribution in [2.24, 2.45) is 5.73 Å². The zero-order valence-corrected chi connectivity index (χ0v) is 16.3. The number of nitrogens with zero attached hydrogens (tertiary/aromatic N) is 2. The molecule has 4 nitrogen and oxygen atoms in total. The van der Waals surface area contributed by atoms with Gasteiger partial charge in [0, 0.05) is 29.9 Å². The summed E-state index contributed by atoms with van der Waals surface area (Å²) in [7, 11) is 1.67. The van der Waals surface area contributed by atoms with Crippen molar-refractivity contribution in [3.8, 4) is 5.75 Å². The Morgan fingerprint density at radius 3 is 2.50 bits per heavy atom. The van der Waals surface area contributed by atoms with E-state index in [4.69, 9.17) is 10.5 Å². The van der Waals surface area contributed by atoms with Crippen LogP contribution >= 0.6 is 11.8 Å². The summed E-state index contributed by atoms with van der Waals surface area (Å²) in [6.07, 6.45) is 1.94. The number of methoxy groups -OCH3 is 1. The Hall–Kier alpha value is -2.53. The first-order valence-electron chi connectivity index (χ1n) is 8.74. The van der Waals surface area contributed by atoms with E-state index in [1.54, 1.807) is 18.9 Å². The topological polar surface area (TPSA) is 41.7 Å². The van der Waals surface area contributed by atoms with E-state index in [-0.39, 0.29) is 0 Å². The van der Waals surface area contributed by atoms with Gasteiger partial charge in [-0.05, 0) is 49.7 Å². The van der Waals surface area contributed by atoms with Crippen LogP contribution < -0.4 is 20.3 Å². The Labute approximate surface area is 159 Å². The molecule has 5 heteroatoms. The Morgan fingerprint density at radius 2 is 1.88 bits per heavy atom. The SMILES string of the molecule is C=C1Sc2cc(OC)ccc2N1/C=C(\N)c1ccc(N(CC)CC)cc1. The molecule has 1 aliphatic heterocycles. The van der Waals surface area contributed by atoms with E-state index in [1.807, 2.05) is 29.3 Å². The highest BCUT2D eigenvalue weighted by atomic mass is 32.2. The zero-order valence-electron chi connectivity index (χ0n) is 15.5. The minimum atomic E-state index is 0.710. The summed E-state index contributed by atoms with van der Waals surface area (Å²) in [5.74, 6) is 0.842. The summed E-state index contributed by atoms with van der Waals surface area (Å²) >= 11 is 1.62. The van der Waals surface area contributed by atoms with Gasteiger partial charge in [0.05, 0.1) is 23.5 Å². The third-order valence-electron chi connectivity index (χ3n) is 4.52. The fourth-order valence-electron chi connectivity index (χ4n) is 3.02. The summed E-state index contributed by atoms with van der Waals surface area (Å²) < 4.78 is 5.30. The molecule has 0 saturated heterocycles. The summed E-state index contributed by atoms with van der Waals surface area (Å²) in [4.78, 5) is 5.47. The monoisotopic (exact) mass is 367 g/mol. The average Bonchev–Trinajstić information content (AvgIpc) is 2.97. The van der Waals surface area contributed by atoms with Crippen LogP contribution in [0.4, 0.5) is 11.4 Å². The second kappa shape index (κ2) is 7.79. The highest BCUT2D eigenvalue weighted by Gasteiger charge is 2.23. The molecule has 2 aromatic carbocycles. The average molecular weight is 368 g/mol. The summed E-state index contributed by atoms with van der Waals surface area (Å²) in [5, 5.41) is 0.927. The van der Waals surface area contributed by atoms with E-state index in [2.05, 4.69) is 49.6 Å². The van der Waals surface area contributed by atoms with Gasteiger partial charge in [0.25, 0.3) is 0 Å². The number of ether oxygens (including phenoxy) is 1. The molecule has 0 fully saturated rings. The maximum absolute atomic E-state index is 6.37. The number of fused-ring (bicyclic) bond motifs is 1. The normalized spacial score (nSPS) is 13.7. The molecule has 0 amide bonds. The molecule has 0 atom stereocenters. The number of nitrogens with two attached hydrogens (primary N) is 1. The summed E-state index contributed by atoms with van der Waals surface area (Å²) in [5.41, 5.74) is 10.4. The van der Waals surface area contributed by atoms with Gasteiger partial charge < -0.3 is 20.3 Å². The Morgan fingerprint density at radius 1 is 1.19 bits per heavy atom. The van der Waals surface area contributed by atoms with E-state index < -0.39 is 0 Å². The van der Waals surface area contributed by atoms with Crippen molar-refractivity contribution in [3.05, 3.63) is 65.8 Å².